The van der Waals surface area contributed by atoms with Gasteiger partial charge in [-0.2, -0.15) is 0 Å². The van der Waals surface area contributed by atoms with Gasteiger partial charge >= 0.3 is 0 Å². The van der Waals surface area contributed by atoms with Gasteiger partial charge in [0.25, 0.3) is 0 Å². The van der Waals surface area contributed by atoms with Gasteiger partial charge in [-0.1, -0.05) is 19.9 Å². The van der Waals surface area contributed by atoms with Crippen LogP contribution in [0.25, 0.3) is 0 Å². The Morgan fingerprint density at radius 1 is 1.28 bits per heavy atom. The van der Waals surface area contributed by atoms with Crippen molar-refractivity contribution in [3.63, 3.8) is 0 Å². The van der Waals surface area contributed by atoms with E-state index in [2.05, 4.69) is 20.3 Å². The number of hydrogen-bond acceptors (Lipinski definition) is 5. The van der Waals surface area contributed by atoms with Gasteiger partial charge in [0, 0.05) is 43.0 Å². The van der Waals surface area contributed by atoms with Gasteiger partial charge in [0.2, 0.25) is 5.91 Å². The van der Waals surface area contributed by atoms with Gasteiger partial charge < -0.3 is 10.2 Å². The number of nitrogens with zero attached hydrogens (tertiary/aromatic N) is 4. The molecule has 1 saturated heterocycles. The highest BCUT2D eigenvalue weighted by molar-refractivity contribution is 5.78. The lowest BCUT2D eigenvalue weighted by atomic mass is 9.93. The maximum atomic E-state index is 12.4. The van der Waals surface area contributed by atoms with E-state index in [0.29, 0.717) is 6.54 Å². The van der Waals surface area contributed by atoms with E-state index < -0.39 is 0 Å². The number of piperidine rings is 1. The lowest BCUT2D eigenvalue weighted by molar-refractivity contribution is -0.135. The maximum absolute atomic E-state index is 12.4. The molecule has 132 valence electrons. The van der Waals surface area contributed by atoms with Crippen LogP contribution in [0.3, 0.4) is 0 Å². The molecule has 2 aromatic rings. The van der Waals surface area contributed by atoms with Crippen molar-refractivity contribution in [2.45, 2.75) is 39.5 Å². The monoisotopic (exact) mass is 339 g/mol. The molecule has 1 aliphatic rings. The Labute approximate surface area is 148 Å². The van der Waals surface area contributed by atoms with E-state index in [-0.39, 0.29) is 17.7 Å². The zero-order valence-electron chi connectivity index (χ0n) is 15.1. The van der Waals surface area contributed by atoms with Crippen molar-refractivity contribution in [2.24, 2.45) is 5.92 Å². The van der Waals surface area contributed by atoms with Gasteiger partial charge in [-0.25, -0.2) is 9.97 Å². The first-order valence-corrected chi connectivity index (χ1v) is 8.85. The minimum atomic E-state index is 0.0229. The molecule has 1 N–H and O–H groups in total. The van der Waals surface area contributed by atoms with E-state index in [4.69, 9.17) is 0 Å². The Morgan fingerprint density at radius 2 is 2.08 bits per heavy atom. The zero-order chi connectivity index (χ0) is 17.8. The van der Waals surface area contributed by atoms with Gasteiger partial charge in [0.1, 0.15) is 5.82 Å². The van der Waals surface area contributed by atoms with E-state index >= 15 is 0 Å². The van der Waals surface area contributed by atoms with E-state index in [0.717, 1.165) is 42.4 Å². The number of rotatable bonds is 4. The van der Waals surface area contributed by atoms with Crippen molar-refractivity contribution in [2.75, 3.05) is 18.4 Å². The number of pyridine rings is 1. The fourth-order valence-corrected chi connectivity index (χ4v) is 3.24. The molecule has 2 aromatic heterocycles. The van der Waals surface area contributed by atoms with Crippen molar-refractivity contribution in [3.8, 4) is 0 Å². The second-order valence-electron chi connectivity index (χ2n) is 6.86. The number of nitrogens with one attached hydrogen (secondary N) is 1. The van der Waals surface area contributed by atoms with E-state index in [1.807, 2.05) is 43.9 Å². The van der Waals surface area contributed by atoms with Crippen molar-refractivity contribution in [1.82, 2.24) is 19.9 Å². The number of carbonyl (C=O) groups excluding carboxylic acids is 1. The lowest BCUT2D eigenvalue weighted by Crippen LogP contribution is -2.41. The van der Waals surface area contributed by atoms with Gasteiger partial charge in [0.15, 0.2) is 5.82 Å². The summed E-state index contributed by atoms with van der Waals surface area (Å²) < 4.78 is 0. The first-order valence-electron chi connectivity index (χ1n) is 8.85. The SMILES string of the molecule is Cc1cccc(Nc2nccnc2[C@@H]2CCCN(C(=O)C(C)C)C2)n1. The number of aromatic nitrogens is 3. The summed E-state index contributed by atoms with van der Waals surface area (Å²) in [6, 6.07) is 5.84. The minimum absolute atomic E-state index is 0.0229. The average molecular weight is 339 g/mol. The third kappa shape index (κ3) is 4.13. The smallest absolute Gasteiger partial charge is 0.225 e. The largest absolute Gasteiger partial charge is 0.342 e. The van der Waals surface area contributed by atoms with E-state index in [1.54, 1.807) is 12.4 Å². The Balaban J connectivity index is 1.81. The Kier molecular flexibility index (Phi) is 5.26. The molecule has 1 amide bonds. The van der Waals surface area contributed by atoms with Crippen LogP contribution in [0.5, 0.6) is 0 Å². The van der Waals surface area contributed by atoms with Crippen LogP contribution < -0.4 is 5.32 Å². The predicted molar refractivity (Wildman–Crippen MR) is 97.7 cm³/mol. The molecule has 3 heterocycles. The highest BCUT2D eigenvalue weighted by Gasteiger charge is 2.28. The Morgan fingerprint density at radius 3 is 2.84 bits per heavy atom. The maximum Gasteiger partial charge on any atom is 0.225 e. The summed E-state index contributed by atoms with van der Waals surface area (Å²) in [5.74, 6) is 1.91. The topological polar surface area (TPSA) is 71.0 Å². The highest BCUT2D eigenvalue weighted by atomic mass is 16.2. The molecule has 6 heteroatoms. The highest BCUT2D eigenvalue weighted by Crippen LogP contribution is 2.30. The van der Waals surface area contributed by atoms with Crippen LogP contribution in [0.4, 0.5) is 11.6 Å². The normalized spacial score (nSPS) is 17.6. The number of aryl methyl sites for hydroxylation is 1. The molecule has 0 aliphatic carbocycles. The van der Waals surface area contributed by atoms with Crippen LogP contribution >= 0.6 is 0 Å². The fraction of sp³-hybridized carbons (Fsp3) is 0.474. The quantitative estimate of drug-likeness (QED) is 0.925. The molecule has 0 unspecified atom stereocenters. The molecule has 0 radical (unpaired) electrons. The third-order valence-electron chi connectivity index (χ3n) is 4.48. The summed E-state index contributed by atoms with van der Waals surface area (Å²) in [6.45, 7) is 7.39. The summed E-state index contributed by atoms with van der Waals surface area (Å²) in [7, 11) is 0. The van der Waals surface area contributed by atoms with Gasteiger partial charge in [-0.15, -0.1) is 0 Å². The molecular weight excluding hydrogens is 314 g/mol. The molecule has 1 fully saturated rings. The van der Waals surface area contributed by atoms with Gasteiger partial charge in [-0.3, -0.25) is 9.78 Å². The second-order valence-corrected chi connectivity index (χ2v) is 6.86. The summed E-state index contributed by atoms with van der Waals surface area (Å²) in [5.41, 5.74) is 1.86. The summed E-state index contributed by atoms with van der Waals surface area (Å²) in [5, 5.41) is 3.29. The number of anilines is 2. The standard InChI is InChI=1S/C19H25N5O/c1-13(2)19(25)24-11-5-7-15(12-24)17-18(21-10-9-20-17)23-16-8-4-6-14(3)22-16/h4,6,8-10,13,15H,5,7,11-12H2,1-3H3,(H,21,22,23)/t15-/m1/s1. The first-order chi connectivity index (χ1) is 12.0. The molecule has 6 nitrogen and oxygen atoms in total. The van der Waals surface area contributed by atoms with Crippen LogP contribution in [-0.4, -0.2) is 38.8 Å². The van der Waals surface area contributed by atoms with Crippen LogP contribution in [0, 0.1) is 12.8 Å². The molecule has 25 heavy (non-hydrogen) atoms. The van der Waals surface area contributed by atoms with Crippen molar-refractivity contribution in [1.29, 1.82) is 0 Å². The second kappa shape index (κ2) is 7.59. The van der Waals surface area contributed by atoms with Gasteiger partial charge in [-0.05, 0) is 31.9 Å². The Hall–Kier alpha value is -2.50. The number of carbonyl (C=O) groups is 1. The average Bonchev–Trinajstić information content (AvgIpc) is 2.61. The van der Waals surface area contributed by atoms with E-state index in [1.165, 1.54) is 0 Å². The predicted octanol–water partition coefficient (Wildman–Crippen LogP) is 3.29. The first kappa shape index (κ1) is 17.3. The lowest BCUT2D eigenvalue weighted by Gasteiger charge is -2.34. The zero-order valence-corrected chi connectivity index (χ0v) is 15.1. The summed E-state index contributed by atoms with van der Waals surface area (Å²) >= 11 is 0. The number of amides is 1. The van der Waals surface area contributed by atoms with Crippen LogP contribution in [0.2, 0.25) is 0 Å². The molecule has 3 rings (SSSR count). The fourth-order valence-electron chi connectivity index (χ4n) is 3.24. The van der Waals surface area contributed by atoms with Crippen LogP contribution in [-0.2, 0) is 4.79 Å². The molecule has 0 bridgehead atoms. The molecule has 0 spiro atoms. The summed E-state index contributed by atoms with van der Waals surface area (Å²) in [6.07, 6.45) is 5.40. The molecule has 0 aromatic carbocycles. The third-order valence-corrected chi connectivity index (χ3v) is 4.48. The molecule has 1 aliphatic heterocycles. The van der Waals surface area contributed by atoms with Crippen molar-refractivity contribution < 1.29 is 4.79 Å². The van der Waals surface area contributed by atoms with Gasteiger partial charge in [0.05, 0.1) is 5.69 Å². The Bertz CT molecular complexity index is 746. The molecular formula is C19H25N5O. The molecule has 0 saturated carbocycles. The van der Waals surface area contributed by atoms with Crippen molar-refractivity contribution >= 4 is 17.5 Å². The van der Waals surface area contributed by atoms with Crippen molar-refractivity contribution in [3.05, 3.63) is 42.0 Å². The molecule has 1 atom stereocenters. The van der Waals surface area contributed by atoms with E-state index in [9.17, 15) is 4.79 Å². The minimum Gasteiger partial charge on any atom is -0.342 e. The van der Waals surface area contributed by atoms with Crippen LogP contribution in [0.15, 0.2) is 30.6 Å². The van der Waals surface area contributed by atoms with Crippen LogP contribution in [0.1, 0.15) is 44.0 Å². The number of hydrogen-bond donors (Lipinski definition) is 1. The summed E-state index contributed by atoms with van der Waals surface area (Å²) in [4.78, 5) is 27.8. The number of likely N-dealkylation sites (tertiary alicyclic amines) is 1.